The van der Waals surface area contributed by atoms with Gasteiger partial charge in [0.2, 0.25) is 0 Å². The number of halogens is 1. The third kappa shape index (κ3) is 3.08. The van der Waals surface area contributed by atoms with Crippen LogP contribution in [-0.2, 0) is 6.54 Å². The van der Waals surface area contributed by atoms with Crippen LogP contribution in [0.5, 0.6) is 5.75 Å². The molecule has 2 aliphatic rings. The summed E-state index contributed by atoms with van der Waals surface area (Å²) >= 11 is 0. The molecule has 0 unspecified atom stereocenters. The molecule has 1 amide bonds. The highest BCUT2D eigenvalue weighted by atomic mass is 19.1. The van der Waals surface area contributed by atoms with Gasteiger partial charge in [0.05, 0.1) is 49.5 Å². The molecule has 148 valence electrons. The molecule has 8 nitrogen and oxygen atoms in total. The van der Waals surface area contributed by atoms with Gasteiger partial charge in [-0.05, 0) is 30.7 Å². The summed E-state index contributed by atoms with van der Waals surface area (Å²) < 4.78 is 20.2. The van der Waals surface area contributed by atoms with Crippen molar-refractivity contribution in [3.63, 3.8) is 0 Å². The van der Waals surface area contributed by atoms with Crippen molar-refractivity contribution in [3.05, 3.63) is 54.1 Å². The number of anilines is 2. The van der Waals surface area contributed by atoms with Gasteiger partial charge in [-0.3, -0.25) is 9.69 Å². The monoisotopic (exact) mass is 394 g/mol. The Kier molecular flexibility index (Phi) is 4.15. The second-order valence-corrected chi connectivity index (χ2v) is 7.09. The summed E-state index contributed by atoms with van der Waals surface area (Å²) in [5.41, 5.74) is 1.99. The molecule has 3 aromatic rings. The molecular formula is C20H19FN6O2. The van der Waals surface area contributed by atoms with E-state index in [1.165, 1.54) is 0 Å². The van der Waals surface area contributed by atoms with Crippen molar-refractivity contribution in [1.29, 1.82) is 0 Å². The number of carbonyl (C=O) groups excluding carboxylic acids is 1. The van der Waals surface area contributed by atoms with E-state index in [0.29, 0.717) is 48.9 Å². The van der Waals surface area contributed by atoms with Crippen molar-refractivity contribution >= 4 is 17.5 Å². The molecule has 0 aromatic carbocycles. The molecule has 1 saturated heterocycles. The van der Waals surface area contributed by atoms with Gasteiger partial charge in [0, 0.05) is 12.7 Å². The number of pyridine rings is 2. The van der Waals surface area contributed by atoms with E-state index in [1.54, 1.807) is 47.4 Å². The Labute approximate surface area is 166 Å². The summed E-state index contributed by atoms with van der Waals surface area (Å²) in [5, 5.41) is 4.55. The number of rotatable bonds is 4. The van der Waals surface area contributed by atoms with Gasteiger partial charge in [0.15, 0.2) is 0 Å². The molecule has 0 bridgehead atoms. The van der Waals surface area contributed by atoms with Gasteiger partial charge >= 0.3 is 0 Å². The maximum absolute atomic E-state index is 13.4. The summed E-state index contributed by atoms with van der Waals surface area (Å²) in [6.45, 7) is 1.41. The predicted molar refractivity (Wildman–Crippen MR) is 104 cm³/mol. The van der Waals surface area contributed by atoms with Crippen LogP contribution >= 0.6 is 0 Å². The molecule has 5 rings (SSSR count). The van der Waals surface area contributed by atoms with E-state index >= 15 is 0 Å². The van der Waals surface area contributed by atoms with Crippen LogP contribution < -0.4 is 14.5 Å². The van der Waals surface area contributed by atoms with Gasteiger partial charge in [-0.15, -0.1) is 0 Å². The molecule has 1 fully saturated rings. The van der Waals surface area contributed by atoms with Crippen LogP contribution in [0.3, 0.4) is 0 Å². The number of nitrogens with zero attached hydrogens (tertiary/aromatic N) is 6. The topological polar surface area (TPSA) is 76.4 Å². The lowest BCUT2D eigenvalue weighted by atomic mass is 10.3. The Morgan fingerprint density at radius 1 is 1.14 bits per heavy atom. The number of ether oxygens (including phenoxy) is 1. The first-order valence-electron chi connectivity index (χ1n) is 9.38. The lowest BCUT2D eigenvalue weighted by Crippen LogP contribution is -2.24. The SMILES string of the molecule is COc1ccc(N2Cc3nn(-c4ccc(N5CC[C@H](F)C5)nc4)cc3C2=O)nc1. The van der Waals surface area contributed by atoms with Crippen LogP contribution in [0.4, 0.5) is 16.0 Å². The molecule has 29 heavy (non-hydrogen) atoms. The number of hydrogen-bond donors (Lipinski definition) is 0. The first-order chi connectivity index (χ1) is 14.1. The minimum absolute atomic E-state index is 0.139. The number of fused-ring (bicyclic) bond motifs is 1. The van der Waals surface area contributed by atoms with Gasteiger partial charge in [-0.25, -0.2) is 19.0 Å². The van der Waals surface area contributed by atoms with E-state index in [4.69, 9.17) is 4.74 Å². The fourth-order valence-electron chi connectivity index (χ4n) is 3.67. The molecule has 0 saturated carbocycles. The van der Waals surface area contributed by atoms with Crippen LogP contribution in [0.25, 0.3) is 5.69 Å². The van der Waals surface area contributed by atoms with Crippen molar-refractivity contribution in [2.75, 3.05) is 30.0 Å². The first-order valence-corrected chi connectivity index (χ1v) is 9.38. The molecule has 3 aromatic heterocycles. The van der Waals surface area contributed by atoms with Crippen LogP contribution in [0.2, 0.25) is 0 Å². The molecule has 0 N–H and O–H groups in total. The third-order valence-electron chi connectivity index (χ3n) is 5.26. The average molecular weight is 394 g/mol. The zero-order valence-corrected chi connectivity index (χ0v) is 15.8. The second kappa shape index (κ2) is 6.84. The summed E-state index contributed by atoms with van der Waals surface area (Å²) in [4.78, 5) is 25.0. The number of carbonyl (C=O) groups is 1. The Bertz CT molecular complexity index is 1050. The second-order valence-electron chi connectivity index (χ2n) is 7.09. The molecule has 9 heteroatoms. The Balaban J connectivity index is 1.34. The quantitative estimate of drug-likeness (QED) is 0.676. The van der Waals surface area contributed by atoms with E-state index in [-0.39, 0.29) is 5.91 Å². The zero-order valence-electron chi connectivity index (χ0n) is 15.8. The highest BCUT2D eigenvalue weighted by Gasteiger charge is 2.32. The summed E-state index contributed by atoms with van der Waals surface area (Å²) in [5.74, 6) is 1.80. The molecular weight excluding hydrogens is 375 g/mol. The minimum Gasteiger partial charge on any atom is -0.495 e. The van der Waals surface area contributed by atoms with Gasteiger partial charge in [0.25, 0.3) is 5.91 Å². The summed E-state index contributed by atoms with van der Waals surface area (Å²) in [6.07, 6.45) is 4.73. The molecule has 0 radical (unpaired) electrons. The largest absolute Gasteiger partial charge is 0.495 e. The van der Waals surface area contributed by atoms with Gasteiger partial charge < -0.3 is 9.64 Å². The number of aromatic nitrogens is 4. The molecule has 2 aliphatic heterocycles. The van der Waals surface area contributed by atoms with Crippen LogP contribution in [0.15, 0.2) is 42.9 Å². The zero-order chi connectivity index (χ0) is 20.0. The van der Waals surface area contributed by atoms with E-state index < -0.39 is 6.17 Å². The maximum atomic E-state index is 13.4. The minimum atomic E-state index is -0.792. The smallest absolute Gasteiger partial charge is 0.263 e. The normalized spacial score (nSPS) is 18.4. The lowest BCUT2D eigenvalue weighted by Gasteiger charge is -2.16. The van der Waals surface area contributed by atoms with Crippen molar-refractivity contribution in [1.82, 2.24) is 19.7 Å². The highest BCUT2D eigenvalue weighted by molar-refractivity contribution is 6.09. The highest BCUT2D eigenvalue weighted by Crippen LogP contribution is 2.28. The summed E-state index contributed by atoms with van der Waals surface area (Å²) in [7, 11) is 1.57. The van der Waals surface area contributed by atoms with Gasteiger partial charge in [0.1, 0.15) is 23.6 Å². The maximum Gasteiger partial charge on any atom is 0.263 e. The Hall–Kier alpha value is -3.49. The van der Waals surface area contributed by atoms with E-state index in [2.05, 4.69) is 15.1 Å². The summed E-state index contributed by atoms with van der Waals surface area (Å²) in [6, 6.07) is 7.25. The molecule has 0 spiro atoms. The fourth-order valence-corrected chi connectivity index (χ4v) is 3.67. The van der Waals surface area contributed by atoms with Crippen molar-refractivity contribution in [3.8, 4) is 11.4 Å². The number of amides is 1. The first kappa shape index (κ1) is 17.6. The van der Waals surface area contributed by atoms with Crippen molar-refractivity contribution in [2.24, 2.45) is 0 Å². The number of hydrogen-bond acceptors (Lipinski definition) is 6. The van der Waals surface area contributed by atoms with Gasteiger partial charge in [-0.2, -0.15) is 5.10 Å². The standard InChI is InChI=1S/C20H19FN6O2/c1-29-15-3-5-19(23-9-15)26-12-17-16(20(26)28)11-27(24-17)14-2-4-18(22-8-14)25-7-6-13(21)10-25/h2-5,8-9,11,13H,6-7,10,12H2,1H3/t13-/m0/s1. The number of methoxy groups -OCH3 is 1. The fraction of sp³-hybridized carbons (Fsp3) is 0.300. The lowest BCUT2D eigenvalue weighted by molar-refractivity contribution is 0.0995. The van der Waals surface area contributed by atoms with Gasteiger partial charge in [-0.1, -0.05) is 0 Å². The Morgan fingerprint density at radius 2 is 1.97 bits per heavy atom. The van der Waals surface area contributed by atoms with Crippen molar-refractivity contribution in [2.45, 2.75) is 19.1 Å². The third-order valence-corrected chi connectivity index (χ3v) is 5.26. The number of alkyl halides is 1. The molecule has 5 heterocycles. The molecule has 0 aliphatic carbocycles. The predicted octanol–water partition coefficient (Wildman–Crippen LogP) is 2.38. The molecule has 1 atom stereocenters. The van der Waals surface area contributed by atoms with Crippen molar-refractivity contribution < 1.29 is 13.9 Å². The van der Waals surface area contributed by atoms with E-state index in [0.717, 1.165) is 11.5 Å². The average Bonchev–Trinajstić information content (AvgIpc) is 3.45. The van der Waals surface area contributed by atoms with Crippen LogP contribution in [-0.4, -0.2) is 52.0 Å². The van der Waals surface area contributed by atoms with Crippen LogP contribution in [0, 0.1) is 0 Å². The van der Waals surface area contributed by atoms with E-state index in [9.17, 15) is 9.18 Å². The van der Waals surface area contributed by atoms with E-state index in [1.807, 2.05) is 17.0 Å². The Morgan fingerprint density at radius 3 is 2.59 bits per heavy atom. The van der Waals surface area contributed by atoms with Crippen LogP contribution in [0.1, 0.15) is 22.5 Å².